The molecule has 24 heavy (non-hydrogen) atoms. The van der Waals surface area contributed by atoms with E-state index < -0.39 is 15.6 Å². The van der Waals surface area contributed by atoms with Crippen LogP contribution in [0.2, 0.25) is 0 Å². The Labute approximate surface area is 145 Å². The first-order chi connectivity index (χ1) is 11.3. The number of hydrogen-bond donors (Lipinski definition) is 2. The van der Waals surface area contributed by atoms with Gasteiger partial charge in [0.05, 0.1) is 6.26 Å². The number of piperidine rings is 1. The summed E-state index contributed by atoms with van der Waals surface area (Å²) in [6.07, 6.45) is 8.12. The van der Waals surface area contributed by atoms with Crippen LogP contribution in [0.1, 0.15) is 32.1 Å². The third-order valence-corrected chi connectivity index (χ3v) is 7.21. The van der Waals surface area contributed by atoms with Crippen molar-refractivity contribution < 1.29 is 13.2 Å². The molecule has 0 aliphatic carbocycles. The molecular formula is C16H29N4O3S. The van der Waals surface area contributed by atoms with Crippen molar-refractivity contribution in [3.63, 3.8) is 0 Å². The molecule has 0 aromatic heterocycles. The molecule has 3 heterocycles. The quantitative estimate of drug-likeness (QED) is 0.602. The summed E-state index contributed by atoms with van der Waals surface area (Å²) >= 11 is 0. The first-order valence-electron chi connectivity index (χ1n) is 8.87. The first-order valence-corrected chi connectivity index (χ1v) is 10.7. The number of nitrogens with zero attached hydrogens (tertiary/aromatic N) is 2. The van der Waals surface area contributed by atoms with Gasteiger partial charge in [-0.2, -0.15) is 0 Å². The normalized spacial score (nSPS) is 34.7. The summed E-state index contributed by atoms with van der Waals surface area (Å²) in [6, 6.07) is 0.445. The molecule has 0 aromatic rings. The molecule has 1 radical (unpaired) electrons. The summed E-state index contributed by atoms with van der Waals surface area (Å²) in [6.45, 7) is 3.68. The van der Waals surface area contributed by atoms with E-state index in [0.29, 0.717) is 25.0 Å². The monoisotopic (exact) mass is 357 g/mol. The average Bonchev–Trinajstić information content (AvgIpc) is 3.05. The molecule has 2 bridgehead atoms. The lowest BCUT2D eigenvalue weighted by Gasteiger charge is -2.42. The van der Waals surface area contributed by atoms with Gasteiger partial charge in [0.1, 0.15) is 5.54 Å². The largest absolute Gasteiger partial charge is 0.368 e. The molecule has 7 nitrogen and oxygen atoms in total. The van der Waals surface area contributed by atoms with Crippen molar-refractivity contribution in [3.8, 4) is 0 Å². The third kappa shape index (κ3) is 3.47. The third-order valence-electron chi connectivity index (χ3n) is 5.94. The number of nitrogens with one attached hydrogen (secondary N) is 1. The van der Waals surface area contributed by atoms with Gasteiger partial charge in [-0.1, -0.05) is 0 Å². The Morgan fingerprint density at radius 1 is 1.42 bits per heavy atom. The van der Waals surface area contributed by atoms with Gasteiger partial charge in [-0.25, -0.2) is 12.7 Å². The van der Waals surface area contributed by atoms with Gasteiger partial charge < -0.3 is 11.1 Å². The van der Waals surface area contributed by atoms with Crippen LogP contribution >= 0.6 is 0 Å². The fourth-order valence-corrected chi connectivity index (χ4v) is 5.48. The molecule has 137 valence electrons. The molecule has 0 spiro atoms. The van der Waals surface area contributed by atoms with E-state index in [2.05, 4.69) is 16.6 Å². The van der Waals surface area contributed by atoms with Gasteiger partial charge in [0, 0.05) is 32.2 Å². The van der Waals surface area contributed by atoms with E-state index in [4.69, 9.17) is 5.73 Å². The van der Waals surface area contributed by atoms with Crippen LogP contribution in [0.5, 0.6) is 0 Å². The molecule has 3 saturated heterocycles. The smallest absolute Gasteiger partial charge is 0.237 e. The van der Waals surface area contributed by atoms with E-state index in [1.807, 2.05) is 0 Å². The van der Waals surface area contributed by atoms with Crippen LogP contribution in [0.4, 0.5) is 0 Å². The van der Waals surface area contributed by atoms with Gasteiger partial charge in [-0.05, 0) is 51.0 Å². The Balaban J connectivity index is 1.45. The van der Waals surface area contributed by atoms with Crippen LogP contribution in [0, 0.1) is 12.3 Å². The van der Waals surface area contributed by atoms with Gasteiger partial charge in [-0.3, -0.25) is 9.69 Å². The van der Waals surface area contributed by atoms with Crippen molar-refractivity contribution >= 4 is 15.9 Å². The molecule has 1 unspecified atom stereocenters. The number of primary amides is 1. The number of nitrogens with two attached hydrogens (primary N) is 1. The first kappa shape index (κ1) is 18.1. The van der Waals surface area contributed by atoms with E-state index in [1.165, 1.54) is 6.26 Å². The predicted molar refractivity (Wildman–Crippen MR) is 92.6 cm³/mol. The van der Waals surface area contributed by atoms with Crippen LogP contribution in [0.25, 0.3) is 0 Å². The number of carbonyl (C=O) groups is 1. The Bertz CT molecular complexity index is 578. The van der Waals surface area contributed by atoms with Crippen LogP contribution in [0.3, 0.4) is 0 Å². The Morgan fingerprint density at radius 3 is 2.88 bits per heavy atom. The van der Waals surface area contributed by atoms with E-state index in [-0.39, 0.29) is 5.91 Å². The van der Waals surface area contributed by atoms with E-state index in [0.717, 1.165) is 51.7 Å². The van der Waals surface area contributed by atoms with Crippen molar-refractivity contribution in [3.05, 3.63) is 6.42 Å². The molecular weight excluding hydrogens is 328 g/mol. The molecule has 3 aliphatic rings. The van der Waals surface area contributed by atoms with Crippen molar-refractivity contribution in [1.82, 2.24) is 14.5 Å². The highest BCUT2D eigenvalue weighted by Gasteiger charge is 2.52. The second kappa shape index (κ2) is 6.90. The number of fused-ring (bicyclic) bond motifs is 2. The second-order valence-corrected chi connectivity index (χ2v) is 9.47. The lowest BCUT2D eigenvalue weighted by molar-refractivity contribution is -0.130. The molecule has 8 heteroatoms. The summed E-state index contributed by atoms with van der Waals surface area (Å²) in [7, 11) is -3.06. The lowest BCUT2D eigenvalue weighted by atomic mass is 9.87. The minimum absolute atomic E-state index is 0.194. The fourth-order valence-electron chi connectivity index (χ4n) is 4.57. The molecule has 3 rings (SSSR count). The minimum Gasteiger partial charge on any atom is -0.368 e. The highest BCUT2D eigenvalue weighted by Crippen LogP contribution is 2.43. The Kier molecular flexibility index (Phi) is 5.20. The summed E-state index contributed by atoms with van der Waals surface area (Å²) in [5.41, 5.74) is 5.24. The molecule has 0 aromatic carbocycles. The van der Waals surface area contributed by atoms with Crippen LogP contribution < -0.4 is 11.1 Å². The Hall–Kier alpha value is -0.700. The van der Waals surface area contributed by atoms with E-state index in [1.54, 1.807) is 4.31 Å². The second-order valence-electron chi connectivity index (χ2n) is 7.49. The van der Waals surface area contributed by atoms with Crippen molar-refractivity contribution in [2.24, 2.45) is 11.7 Å². The average molecular weight is 358 g/mol. The van der Waals surface area contributed by atoms with Gasteiger partial charge in [0.15, 0.2) is 0 Å². The summed E-state index contributed by atoms with van der Waals surface area (Å²) in [5.74, 6) is 0.178. The SMILES string of the molecule is CS(=O)(=O)N1CCC(CNCCN2[C@@H]3C[CH]C[C@]2(C(N)=O)CC3)C1. The summed E-state index contributed by atoms with van der Waals surface area (Å²) < 4.78 is 24.6. The maximum atomic E-state index is 12.0. The van der Waals surface area contributed by atoms with Gasteiger partial charge >= 0.3 is 0 Å². The molecule has 1 amide bonds. The van der Waals surface area contributed by atoms with Crippen LogP contribution in [0.15, 0.2) is 0 Å². The van der Waals surface area contributed by atoms with Crippen molar-refractivity contribution in [2.75, 3.05) is 39.0 Å². The maximum absolute atomic E-state index is 12.0. The zero-order chi connectivity index (χ0) is 17.4. The predicted octanol–water partition coefficient (Wildman–Crippen LogP) is -0.456. The summed E-state index contributed by atoms with van der Waals surface area (Å²) in [5, 5.41) is 3.45. The highest BCUT2D eigenvalue weighted by molar-refractivity contribution is 7.88. The fraction of sp³-hybridized carbons (Fsp3) is 0.875. The summed E-state index contributed by atoms with van der Waals surface area (Å²) in [4.78, 5) is 14.3. The number of carbonyl (C=O) groups excluding carboxylic acids is 1. The maximum Gasteiger partial charge on any atom is 0.237 e. The topological polar surface area (TPSA) is 95.7 Å². The van der Waals surface area contributed by atoms with Gasteiger partial charge in [-0.15, -0.1) is 0 Å². The van der Waals surface area contributed by atoms with Gasteiger partial charge in [0.2, 0.25) is 15.9 Å². The minimum atomic E-state index is -3.06. The molecule has 3 atom stereocenters. The number of amides is 1. The molecule has 3 N–H and O–H groups in total. The lowest BCUT2D eigenvalue weighted by Crippen LogP contribution is -2.59. The molecule has 3 fully saturated rings. The van der Waals surface area contributed by atoms with Crippen molar-refractivity contribution in [2.45, 2.75) is 43.7 Å². The number of sulfonamides is 1. The van der Waals surface area contributed by atoms with E-state index in [9.17, 15) is 13.2 Å². The number of rotatable bonds is 7. The zero-order valence-corrected chi connectivity index (χ0v) is 15.2. The van der Waals surface area contributed by atoms with Crippen LogP contribution in [-0.2, 0) is 14.8 Å². The number of hydrogen-bond acceptors (Lipinski definition) is 5. The molecule has 0 saturated carbocycles. The molecule has 3 aliphatic heterocycles. The van der Waals surface area contributed by atoms with Gasteiger partial charge in [0.25, 0.3) is 0 Å². The highest BCUT2D eigenvalue weighted by atomic mass is 32.2. The Morgan fingerprint density at radius 2 is 2.21 bits per heavy atom. The standard InChI is InChI=1S/C16H29N4O3S/c1-24(22,23)19-9-5-13(12-19)11-18-8-10-20-14-3-2-6-16(20,7-4-14)15(17)21/h2,13-14,18H,3-12H2,1H3,(H2,17,21)/t13?,14-,16-/m1/s1. The van der Waals surface area contributed by atoms with Crippen LogP contribution in [-0.4, -0.2) is 74.1 Å². The van der Waals surface area contributed by atoms with Crippen molar-refractivity contribution in [1.29, 1.82) is 0 Å². The zero-order valence-electron chi connectivity index (χ0n) is 14.4. The van der Waals surface area contributed by atoms with E-state index >= 15 is 0 Å².